The van der Waals surface area contributed by atoms with Gasteiger partial charge in [0.15, 0.2) is 0 Å². The van der Waals surface area contributed by atoms with Crippen molar-refractivity contribution in [1.29, 1.82) is 0 Å². The number of nitrogens with one attached hydrogen (secondary N) is 1. The van der Waals surface area contributed by atoms with Crippen LogP contribution in [0.5, 0.6) is 0 Å². The Bertz CT molecular complexity index is 416. The highest BCUT2D eigenvalue weighted by atomic mass is 32.1. The van der Waals surface area contributed by atoms with Gasteiger partial charge in [-0.05, 0) is 17.9 Å². The molecule has 0 saturated carbocycles. The molecule has 3 rings (SSSR count). The van der Waals surface area contributed by atoms with Gasteiger partial charge in [0.05, 0.1) is 5.92 Å². The average Bonchev–Trinajstić information content (AvgIpc) is 2.72. The van der Waals surface area contributed by atoms with Crippen LogP contribution in [-0.2, 0) is 11.3 Å². The molecule has 1 aromatic heterocycles. The predicted octanol–water partition coefficient (Wildman–Crippen LogP) is 1.00. The number of thiophene rings is 1. The van der Waals surface area contributed by atoms with E-state index in [0.29, 0.717) is 5.91 Å². The van der Waals surface area contributed by atoms with E-state index in [0.717, 1.165) is 52.2 Å². The van der Waals surface area contributed by atoms with Crippen molar-refractivity contribution in [2.45, 2.75) is 13.0 Å². The van der Waals surface area contributed by atoms with Crippen LogP contribution in [0, 0.1) is 5.92 Å². The minimum absolute atomic E-state index is 0.240. The Morgan fingerprint density at radius 2 is 2.21 bits per heavy atom. The first-order valence-electron chi connectivity index (χ1n) is 7.07. The summed E-state index contributed by atoms with van der Waals surface area (Å²) in [4.78, 5) is 18.2. The first-order chi connectivity index (χ1) is 9.33. The fourth-order valence-corrected chi connectivity index (χ4v) is 3.44. The molecule has 1 aromatic rings. The summed E-state index contributed by atoms with van der Waals surface area (Å²) in [5.74, 6) is 0.598. The summed E-state index contributed by atoms with van der Waals surface area (Å²) in [7, 11) is 0. The lowest BCUT2D eigenvalue weighted by molar-refractivity contribution is -0.136. The largest absolute Gasteiger partial charge is 0.341 e. The van der Waals surface area contributed by atoms with E-state index in [1.165, 1.54) is 4.88 Å². The molecule has 1 amide bonds. The summed E-state index contributed by atoms with van der Waals surface area (Å²) < 4.78 is 0. The first kappa shape index (κ1) is 13.1. The summed E-state index contributed by atoms with van der Waals surface area (Å²) in [6.07, 6.45) is 1.09. The standard InChI is InChI=1S/C14H21N3OS/c18-14(12-9-15-10-12)17-5-2-4-16(6-7-17)11-13-3-1-8-19-13/h1,3,8,12,15H,2,4-7,9-11H2. The zero-order valence-electron chi connectivity index (χ0n) is 11.2. The minimum atomic E-state index is 0.240. The SMILES string of the molecule is O=C(C1CNC1)N1CCCN(Cc2cccs2)CC1. The molecule has 2 aliphatic heterocycles. The van der Waals surface area contributed by atoms with Crippen LogP contribution < -0.4 is 5.32 Å². The van der Waals surface area contributed by atoms with Crippen molar-refractivity contribution < 1.29 is 4.79 Å². The van der Waals surface area contributed by atoms with Crippen LogP contribution in [0.1, 0.15) is 11.3 Å². The van der Waals surface area contributed by atoms with Crippen molar-refractivity contribution in [3.63, 3.8) is 0 Å². The van der Waals surface area contributed by atoms with E-state index in [4.69, 9.17) is 0 Å². The zero-order valence-corrected chi connectivity index (χ0v) is 12.0. The number of rotatable bonds is 3. The number of nitrogens with zero attached hydrogens (tertiary/aromatic N) is 2. The Morgan fingerprint density at radius 3 is 2.89 bits per heavy atom. The zero-order chi connectivity index (χ0) is 13.1. The van der Waals surface area contributed by atoms with E-state index in [1.807, 2.05) is 11.3 Å². The summed E-state index contributed by atoms with van der Waals surface area (Å²) in [5.41, 5.74) is 0. The number of amides is 1. The van der Waals surface area contributed by atoms with Gasteiger partial charge in [-0.25, -0.2) is 0 Å². The van der Waals surface area contributed by atoms with Crippen molar-refractivity contribution in [3.8, 4) is 0 Å². The lowest BCUT2D eigenvalue weighted by Gasteiger charge is -2.31. The van der Waals surface area contributed by atoms with Gasteiger partial charge < -0.3 is 10.2 Å². The van der Waals surface area contributed by atoms with Crippen LogP contribution in [0.15, 0.2) is 17.5 Å². The minimum Gasteiger partial charge on any atom is -0.341 e. The summed E-state index contributed by atoms with van der Waals surface area (Å²) in [5, 5.41) is 5.31. The van der Waals surface area contributed by atoms with Crippen LogP contribution in [0.25, 0.3) is 0 Å². The second kappa shape index (κ2) is 6.03. The van der Waals surface area contributed by atoms with Crippen LogP contribution in [0.4, 0.5) is 0 Å². The number of hydrogen-bond acceptors (Lipinski definition) is 4. The van der Waals surface area contributed by atoms with Crippen LogP contribution in [-0.4, -0.2) is 55.0 Å². The van der Waals surface area contributed by atoms with Gasteiger partial charge in [-0.2, -0.15) is 0 Å². The maximum absolute atomic E-state index is 12.2. The monoisotopic (exact) mass is 279 g/mol. The third-order valence-electron chi connectivity index (χ3n) is 3.99. The van der Waals surface area contributed by atoms with Crippen molar-refractivity contribution in [2.24, 2.45) is 5.92 Å². The molecule has 2 fully saturated rings. The van der Waals surface area contributed by atoms with Crippen LogP contribution in [0.2, 0.25) is 0 Å². The molecule has 2 aliphatic rings. The summed E-state index contributed by atoms with van der Waals surface area (Å²) >= 11 is 1.82. The van der Waals surface area contributed by atoms with Gasteiger partial charge in [-0.15, -0.1) is 11.3 Å². The number of hydrogen-bond donors (Lipinski definition) is 1. The molecule has 0 atom stereocenters. The fraction of sp³-hybridized carbons (Fsp3) is 0.643. The third kappa shape index (κ3) is 3.16. The second-order valence-electron chi connectivity index (χ2n) is 5.39. The molecule has 0 aromatic carbocycles. The Kier molecular flexibility index (Phi) is 4.15. The molecule has 0 spiro atoms. The van der Waals surface area contributed by atoms with E-state index in [2.05, 4.69) is 32.6 Å². The van der Waals surface area contributed by atoms with E-state index >= 15 is 0 Å². The molecule has 0 aliphatic carbocycles. The van der Waals surface area contributed by atoms with Gasteiger partial charge >= 0.3 is 0 Å². The Balaban J connectivity index is 1.52. The molecular formula is C14H21N3OS. The van der Waals surface area contributed by atoms with Crippen LogP contribution in [0.3, 0.4) is 0 Å². The molecule has 3 heterocycles. The van der Waals surface area contributed by atoms with Gasteiger partial charge in [0.1, 0.15) is 0 Å². The fourth-order valence-electron chi connectivity index (χ4n) is 2.69. The third-order valence-corrected chi connectivity index (χ3v) is 4.85. The molecule has 2 saturated heterocycles. The first-order valence-corrected chi connectivity index (χ1v) is 7.95. The smallest absolute Gasteiger partial charge is 0.228 e. The van der Waals surface area contributed by atoms with Crippen molar-refractivity contribution in [3.05, 3.63) is 22.4 Å². The highest BCUT2D eigenvalue weighted by Crippen LogP contribution is 2.15. The van der Waals surface area contributed by atoms with Crippen molar-refractivity contribution in [2.75, 3.05) is 39.3 Å². The van der Waals surface area contributed by atoms with E-state index in [1.54, 1.807) is 0 Å². The molecule has 104 valence electrons. The summed E-state index contributed by atoms with van der Waals surface area (Å²) in [6.45, 7) is 6.69. The van der Waals surface area contributed by atoms with Gasteiger partial charge in [0.25, 0.3) is 0 Å². The molecule has 0 radical (unpaired) electrons. The average molecular weight is 279 g/mol. The highest BCUT2D eigenvalue weighted by Gasteiger charge is 2.30. The van der Waals surface area contributed by atoms with Gasteiger partial charge in [0, 0.05) is 50.7 Å². The number of carbonyl (C=O) groups is 1. The maximum atomic E-state index is 12.2. The lowest BCUT2D eigenvalue weighted by Crippen LogP contribution is -2.52. The van der Waals surface area contributed by atoms with Gasteiger partial charge in [-0.3, -0.25) is 9.69 Å². The number of carbonyl (C=O) groups excluding carboxylic acids is 1. The molecular weight excluding hydrogens is 258 g/mol. The molecule has 19 heavy (non-hydrogen) atoms. The van der Waals surface area contributed by atoms with Gasteiger partial charge in [0.2, 0.25) is 5.91 Å². The molecule has 1 N–H and O–H groups in total. The quantitative estimate of drug-likeness (QED) is 0.897. The molecule has 0 unspecified atom stereocenters. The van der Waals surface area contributed by atoms with Crippen molar-refractivity contribution >= 4 is 17.2 Å². The molecule has 5 heteroatoms. The van der Waals surface area contributed by atoms with Crippen LogP contribution >= 0.6 is 11.3 Å². The Hall–Kier alpha value is -0.910. The predicted molar refractivity (Wildman–Crippen MR) is 77.2 cm³/mol. The lowest BCUT2D eigenvalue weighted by atomic mass is 10.0. The van der Waals surface area contributed by atoms with E-state index < -0.39 is 0 Å². The van der Waals surface area contributed by atoms with Gasteiger partial charge in [-0.1, -0.05) is 6.07 Å². The van der Waals surface area contributed by atoms with E-state index in [9.17, 15) is 4.79 Å². The maximum Gasteiger partial charge on any atom is 0.228 e. The Morgan fingerprint density at radius 1 is 1.32 bits per heavy atom. The van der Waals surface area contributed by atoms with Crippen molar-refractivity contribution in [1.82, 2.24) is 15.1 Å². The Labute approximate surface area is 118 Å². The summed E-state index contributed by atoms with van der Waals surface area (Å²) in [6, 6.07) is 4.30. The topological polar surface area (TPSA) is 35.6 Å². The molecule has 0 bridgehead atoms. The van der Waals surface area contributed by atoms with E-state index in [-0.39, 0.29) is 5.92 Å². The molecule has 4 nitrogen and oxygen atoms in total. The normalized spacial score (nSPS) is 22.0. The second-order valence-corrected chi connectivity index (χ2v) is 6.42. The highest BCUT2D eigenvalue weighted by molar-refractivity contribution is 7.09.